The van der Waals surface area contributed by atoms with Gasteiger partial charge < -0.3 is 14.7 Å². The lowest BCUT2D eigenvalue weighted by molar-refractivity contribution is -0.143. The Morgan fingerprint density at radius 3 is 2.16 bits per heavy atom. The Labute approximate surface area is 185 Å². The van der Waals surface area contributed by atoms with E-state index in [9.17, 15) is 40.6 Å². The van der Waals surface area contributed by atoms with Gasteiger partial charge in [-0.15, -0.1) is 0 Å². The van der Waals surface area contributed by atoms with Crippen molar-refractivity contribution in [3.63, 3.8) is 0 Å². The Morgan fingerprint density at radius 1 is 1.06 bits per heavy atom. The van der Waals surface area contributed by atoms with E-state index in [1.807, 2.05) is 0 Å². The molecule has 0 aromatic heterocycles. The van der Waals surface area contributed by atoms with Gasteiger partial charge in [-0.2, -0.15) is 26.3 Å². The molecule has 0 spiro atoms. The van der Waals surface area contributed by atoms with E-state index in [4.69, 9.17) is 4.74 Å². The largest absolute Gasteiger partial charge is 0.416 e. The van der Waals surface area contributed by atoms with Crippen molar-refractivity contribution in [1.29, 1.82) is 0 Å². The maximum atomic E-state index is 13.6. The highest BCUT2D eigenvalue weighted by atomic mass is 79.9. The molecule has 1 fully saturated rings. The summed E-state index contributed by atoms with van der Waals surface area (Å²) in [5.41, 5.74) is -4.99. The van der Waals surface area contributed by atoms with E-state index in [1.165, 1.54) is 12.1 Å². The minimum atomic E-state index is -5.10. The molecule has 4 nitrogen and oxygen atoms in total. The van der Waals surface area contributed by atoms with Crippen LogP contribution in [0.25, 0.3) is 0 Å². The van der Waals surface area contributed by atoms with Gasteiger partial charge in [0, 0.05) is 18.6 Å². The zero-order valence-electron chi connectivity index (χ0n) is 16.0. The first-order chi connectivity index (χ1) is 14.8. The lowest BCUT2D eigenvalue weighted by Gasteiger charge is -2.28. The van der Waals surface area contributed by atoms with Crippen molar-refractivity contribution in [2.45, 2.75) is 24.4 Å². The molecule has 2 aromatic carbocycles. The topological polar surface area (TPSA) is 49.8 Å². The molecule has 3 rings (SSSR count). The molecule has 1 aliphatic rings. The van der Waals surface area contributed by atoms with Gasteiger partial charge >= 0.3 is 12.4 Å². The monoisotopic (exact) mass is 529 g/mol. The van der Waals surface area contributed by atoms with Crippen LogP contribution in [-0.2, 0) is 22.7 Å². The molecule has 1 amide bonds. The number of alkyl halides is 6. The minimum absolute atomic E-state index is 0.0504. The molecule has 0 radical (unpaired) electrons. The lowest BCUT2D eigenvalue weighted by atomic mass is 9.90. The maximum absolute atomic E-state index is 13.6. The maximum Gasteiger partial charge on any atom is 0.416 e. The minimum Gasteiger partial charge on any atom is -0.396 e. The van der Waals surface area contributed by atoms with Gasteiger partial charge in [0.2, 0.25) is 0 Å². The normalized spacial score (nSPS) is 19.5. The quantitative estimate of drug-likeness (QED) is 0.544. The SMILES string of the molecule is O=C(c1cc(C(F)(F)F)cc(C(F)(F)F)c1)N1CO[C@](CCO)(c2ccc(F)c(Br)c2)C1. The summed E-state index contributed by atoms with van der Waals surface area (Å²) in [5.74, 6) is -1.69. The predicted molar refractivity (Wildman–Crippen MR) is 101 cm³/mol. The van der Waals surface area contributed by atoms with Crippen molar-refractivity contribution in [3.05, 3.63) is 68.9 Å². The van der Waals surface area contributed by atoms with E-state index in [-0.39, 0.29) is 23.5 Å². The summed E-state index contributed by atoms with van der Waals surface area (Å²) < 4.78 is 98.0. The number of hydrogen-bond acceptors (Lipinski definition) is 3. The number of benzene rings is 2. The van der Waals surface area contributed by atoms with Gasteiger partial charge in [0.1, 0.15) is 18.1 Å². The molecule has 0 bridgehead atoms. The van der Waals surface area contributed by atoms with Gasteiger partial charge in [-0.05, 0) is 51.8 Å². The first kappa shape index (κ1) is 24.5. The van der Waals surface area contributed by atoms with Crippen LogP contribution >= 0.6 is 15.9 Å². The van der Waals surface area contributed by atoms with Crippen LogP contribution in [0.5, 0.6) is 0 Å². The van der Waals surface area contributed by atoms with Gasteiger partial charge in [0.15, 0.2) is 0 Å². The number of nitrogens with zero attached hydrogens (tertiary/aromatic N) is 1. The second kappa shape index (κ2) is 8.64. The van der Waals surface area contributed by atoms with E-state index < -0.39 is 59.7 Å². The molecule has 1 N–H and O–H groups in total. The molecule has 1 aliphatic heterocycles. The number of halogens is 8. The standard InChI is InChI=1S/C20H15BrF7NO3/c21-15-8-12(1-2-16(15)22)18(3-4-30)9-29(10-32-18)17(31)11-5-13(19(23,24)25)7-14(6-11)20(26,27)28/h1-2,5-8,30H,3-4,9-10H2/t18-/m0/s1. The highest BCUT2D eigenvalue weighted by Gasteiger charge is 2.44. The highest BCUT2D eigenvalue weighted by molar-refractivity contribution is 9.10. The van der Waals surface area contributed by atoms with Crippen LogP contribution in [0.4, 0.5) is 30.7 Å². The third kappa shape index (κ3) is 4.91. The van der Waals surface area contributed by atoms with Gasteiger partial charge in [0.25, 0.3) is 5.91 Å². The Kier molecular flexibility index (Phi) is 6.60. The molecule has 0 aliphatic carbocycles. The van der Waals surface area contributed by atoms with Gasteiger partial charge in [-0.1, -0.05) is 6.07 Å². The van der Waals surface area contributed by atoms with Crippen molar-refractivity contribution >= 4 is 21.8 Å². The molecule has 1 atom stereocenters. The van der Waals surface area contributed by atoms with Gasteiger partial charge in [0.05, 0.1) is 22.1 Å². The Bertz CT molecular complexity index is 993. The van der Waals surface area contributed by atoms with Crippen LogP contribution in [0.15, 0.2) is 40.9 Å². The molecular formula is C20H15BrF7NO3. The molecule has 174 valence electrons. The summed E-state index contributed by atoms with van der Waals surface area (Å²) in [6.07, 6.45) is -10.2. The van der Waals surface area contributed by atoms with Crippen molar-refractivity contribution < 1.29 is 45.4 Å². The summed E-state index contributed by atoms with van der Waals surface area (Å²) >= 11 is 3.02. The van der Waals surface area contributed by atoms with E-state index in [0.717, 1.165) is 11.0 Å². The average Bonchev–Trinajstić information content (AvgIpc) is 3.13. The fourth-order valence-corrected chi connectivity index (χ4v) is 3.80. The first-order valence-corrected chi connectivity index (χ1v) is 9.85. The zero-order valence-corrected chi connectivity index (χ0v) is 17.6. The number of aliphatic hydroxyl groups is 1. The molecular weight excluding hydrogens is 515 g/mol. The third-order valence-corrected chi connectivity index (χ3v) is 5.63. The van der Waals surface area contributed by atoms with Crippen LogP contribution in [0.2, 0.25) is 0 Å². The van der Waals surface area contributed by atoms with Crippen LogP contribution in [0.1, 0.15) is 33.5 Å². The molecule has 0 saturated carbocycles. The molecule has 1 heterocycles. The number of ether oxygens (including phenoxy) is 1. The number of rotatable bonds is 4. The van der Waals surface area contributed by atoms with Crippen molar-refractivity contribution in [2.24, 2.45) is 0 Å². The number of aliphatic hydroxyl groups excluding tert-OH is 1. The Hall–Kier alpha value is -2.18. The van der Waals surface area contributed by atoms with Gasteiger partial charge in [-0.25, -0.2) is 4.39 Å². The van der Waals surface area contributed by atoms with Crippen molar-refractivity contribution in [3.8, 4) is 0 Å². The van der Waals surface area contributed by atoms with E-state index >= 15 is 0 Å². The van der Waals surface area contributed by atoms with Gasteiger partial charge in [-0.3, -0.25) is 4.79 Å². The molecule has 12 heteroatoms. The number of hydrogen-bond donors (Lipinski definition) is 1. The second-order valence-electron chi connectivity index (χ2n) is 7.17. The van der Waals surface area contributed by atoms with E-state index in [0.29, 0.717) is 17.7 Å². The van der Waals surface area contributed by atoms with Crippen molar-refractivity contribution in [2.75, 3.05) is 19.9 Å². The number of amides is 1. The van der Waals surface area contributed by atoms with Crippen LogP contribution in [-0.4, -0.2) is 35.8 Å². The molecule has 1 saturated heterocycles. The first-order valence-electron chi connectivity index (χ1n) is 9.06. The summed E-state index contributed by atoms with van der Waals surface area (Å²) in [7, 11) is 0. The van der Waals surface area contributed by atoms with Crippen LogP contribution < -0.4 is 0 Å². The van der Waals surface area contributed by atoms with Crippen LogP contribution in [0, 0.1) is 5.82 Å². The summed E-state index contributed by atoms with van der Waals surface area (Å²) in [6.45, 7) is -1.13. The van der Waals surface area contributed by atoms with E-state index in [1.54, 1.807) is 0 Å². The summed E-state index contributed by atoms with van der Waals surface area (Å²) in [4.78, 5) is 13.8. The fraction of sp³-hybridized carbons (Fsp3) is 0.350. The zero-order chi connectivity index (χ0) is 23.9. The van der Waals surface area contributed by atoms with Crippen LogP contribution in [0.3, 0.4) is 0 Å². The molecule has 32 heavy (non-hydrogen) atoms. The molecule has 2 aromatic rings. The average molecular weight is 530 g/mol. The number of carbonyl (C=O) groups excluding carboxylic acids is 1. The smallest absolute Gasteiger partial charge is 0.396 e. The van der Waals surface area contributed by atoms with Crippen molar-refractivity contribution in [1.82, 2.24) is 4.90 Å². The fourth-order valence-electron chi connectivity index (χ4n) is 3.42. The van der Waals surface area contributed by atoms with E-state index in [2.05, 4.69) is 15.9 Å². The third-order valence-electron chi connectivity index (χ3n) is 5.03. The predicted octanol–water partition coefficient (Wildman–Crippen LogP) is 5.33. The lowest BCUT2D eigenvalue weighted by Crippen LogP contribution is -2.36. The second-order valence-corrected chi connectivity index (χ2v) is 8.02. The summed E-state index contributed by atoms with van der Waals surface area (Å²) in [6, 6.07) is 4.47. The number of carbonyl (C=O) groups is 1. The molecule has 0 unspecified atom stereocenters. The Morgan fingerprint density at radius 2 is 1.66 bits per heavy atom. The highest BCUT2D eigenvalue weighted by Crippen LogP contribution is 2.39. The Balaban J connectivity index is 1.97. The summed E-state index contributed by atoms with van der Waals surface area (Å²) in [5, 5.41) is 9.45.